The number of ether oxygens (including phenoxy) is 2. The minimum atomic E-state index is -2.02. The Bertz CT molecular complexity index is 248. The van der Waals surface area contributed by atoms with Crippen LogP contribution in [0, 0.1) is 0 Å². The summed E-state index contributed by atoms with van der Waals surface area (Å²) in [6.45, 7) is 2.42. The molecular formula is C14H28O4Si. The maximum atomic E-state index is 5.90. The first-order valence-electron chi connectivity index (χ1n) is 7.60. The Balaban J connectivity index is 1.72. The summed E-state index contributed by atoms with van der Waals surface area (Å²) in [5.74, 6) is 0. The highest BCUT2D eigenvalue weighted by molar-refractivity contribution is 6.69. The van der Waals surface area contributed by atoms with E-state index in [1.165, 1.54) is 32.1 Å². The van der Waals surface area contributed by atoms with Crippen LogP contribution in [0.5, 0.6) is 0 Å². The molecule has 112 valence electrons. The van der Waals surface area contributed by atoms with Crippen molar-refractivity contribution >= 4 is 8.56 Å². The van der Waals surface area contributed by atoms with Crippen LogP contribution in [-0.2, 0) is 18.3 Å². The summed E-state index contributed by atoms with van der Waals surface area (Å²) in [4.78, 5) is 0. The van der Waals surface area contributed by atoms with Gasteiger partial charge in [0.2, 0.25) is 0 Å². The molecule has 2 fully saturated rings. The van der Waals surface area contributed by atoms with Crippen LogP contribution in [0.4, 0.5) is 0 Å². The molecule has 0 radical (unpaired) electrons. The smallest absolute Gasteiger partial charge is 0.340 e. The van der Waals surface area contributed by atoms with Gasteiger partial charge in [0.05, 0.1) is 13.2 Å². The Morgan fingerprint density at radius 2 is 1.79 bits per heavy atom. The first-order valence-corrected chi connectivity index (χ1v) is 9.70. The van der Waals surface area contributed by atoms with Crippen LogP contribution in [0.15, 0.2) is 0 Å². The molecular weight excluding hydrogens is 260 g/mol. The van der Waals surface area contributed by atoms with Gasteiger partial charge >= 0.3 is 8.56 Å². The van der Waals surface area contributed by atoms with E-state index in [0.29, 0.717) is 11.6 Å². The lowest BCUT2D eigenvalue weighted by Gasteiger charge is -2.37. The molecule has 0 N–H and O–H groups in total. The summed E-state index contributed by atoms with van der Waals surface area (Å²) >= 11 is 0. The Morgan fingerprint density at radius 3 is 2.37 bits per heavy atom. The lowest BCUT2D eigenvalue weighted by Crippen LogP contribution is -2.46. The van der Waals surface area contributed by atoms with Gasteiger partial charge in [-0.2, -0.15) is 0 Å². The van der Waals surface area contributed by atoms with Crippen LogP contribution in [0.1, 0.15) is 38.5 Å². The van der Waals surface area contributed by atoms with Crippen molar-refractivity contribution in [3.8, 4) is 0 Å². The predicted molar refractivity (Wildman–Crippen MR) is 76.6 cm³/mol. The van der Waals surface area contributed by atoms with Crippen LogP contribution in [0.25, 0.3) is 0 Å². The highest BCUT2D eigenvalue weighted by atomic mass is 28.4. The molecule has 1 atom stereocenters. The van der Waals surface area contributed by atoms with E-state index in [1.807, 2.05) is 14.2 Å². The van der Waals surface area contributed by atoms with Gasteiger partial charge in [-0.1, -0.05) is 19.3 Å². The summed E-state index contributed by atoms with van der Waals surface area (Å²) in [6.07, 6.45) is 8.01. The summed E-state index contributed by atoms with van der Waals surface area (Å²) in [5, 5.41) is 0. The second-order valence-electron chi connectivity index (χ2n) is 5.69. The van der Waals surface area contributed by atoms with Crippen LogP contribution in [0.2, 0.25) is 11.6 Å². The maximum absolute atomic E-state index is 5.90. The molecule has 0 aromatic rings. The van der Waals surface area contributed by atoms with Crippen molar-refractivity contribution in [2.45, 2.75) is 56.2 Å². The summed E-state index contributed by atoms with van der Waals surface area (Å²) < 4.78 is 22.5. The average Bonchev–Trinajstić information content (AvgIpc) is 3.28. The molecule has 1 aliphatic carbocycles. The van der Waals surface area contributed by atoms with Crippen LogP contribution >= 0.6 is 0 Å². The minimum Gasteiger partial charge on any atom is -0.397 e. The molecule has 0 bridgehead atoms. The van der Waals surface area contributed by atoms with E-state index < -0.39 is 8.56 Å². The molecule has 1 saturated carbocycles. The topological polar surface area (TPSA) is 40.2 Å². The highest BCUT2D eigenvalue weighted by Gasteiger charge is 2.44. The first kappa shape index (κ1) is 15.4. The van der Waals surface area contributed by atoms with Crippen molar-refractivity contribution in [3.05, 3.63) is 0 Å². The third kappa shape index (κ3) is 4.53. The van der Waals surface area contributed by atoms with Gasteiger partial charge < -0.3 is 18.3 Å². The van der Waals surface area contributed by atoms with Crippen molar-refractivity contribution in [2.75, 3.05) is 34.0 Å². The van der Waals surface area contributed by atoms with Crippen molar-refractivity contribution in [1.29, 1.82) is 0 Å². The molecule has 1 saturated heterocycles. The van der Waals surface area contributed by atoms with Gasteiger partial charge in [0.25, 0.3) is 0 Å². The molecule has 1 heterocycles. The lowest BCUT2D eigenvalue weighted by molar-refractivity contribution is 0.114. The van der Waals surface area contributed by atoms with Crippen LogP contribution in [-0.4, -0.2) is 48.7 Å². The van der Waals surface area contributed by atoms with Gasteiger partial charge in [-0.15, -0.1) is 0 Å². The molecule has 2 aliphatic rings. The Hall–Kier alpha value is 0.0569. The Morgan fingerprint density at radius 1 is 1.11 bits per heavy atom. The lowest BCUT2D eigenvalue weighted by atomic mass is 10.0. The van der Waals surface area contributed by atoms with Gasteiger partial charge in [0.1, 0.15) is 6.10 Å². The van der Waals surface area contributed by atoms with Crippen LogP contribution in [0.3, 0.4) is 0 Å². The minimum absolute atomic E-state index is 0.366. The van der Waals surface area contributed by atoms with Gasteiger partial charge in [-0.25, -0.2) is 0 Å². The molecule has 2 rings (SSSR count). The summed E-state index contributed by atoms with van der Waals surface area (Å²) in [7, 11) is 1.66. The Labute approximate surface area is 118 Å². The van der Waals surface area contributed by atoms with Crippen molar-refractivity contribution in [2.24, 2.45) is 0 Å². The van der Waals surface area contributed by atoms with E-state index in [0.717, 1.165) is 32.3 Å². The molecule has 0 amide bonds. The number of rotatable bonds is 9. The maximum Gasteiger partial charge on any atom is 0.340 e. The largest absolute Gasteiger partial charge is 0.397 e. The fourth-order valence-corrected chi connectivity index (χ4v) is 6.74. The van der Waals surface area contributed by atoms with Crippen molar-refractivity contribution in [1.82, 2.24) is 0 Å². The molecule has 5 heteroatoms. The molecule has 19 heavy (non-hydrogen) atoms. The van der Waals surface area contributed by atoms with Gasteiger partial charge in [-0.05, 0) is 25.3 Å². The van der Waals surface area contributed by atoms with Gasteiger partial charge in [0.15, 0.2) is 0 Å². The fraction of sp³-hybridized carbons (Fsp3) is 1.00. The molecule has 1 aliphatic heterocycles. The number of epoxide rings is 1. The van der Waals surface area contributed by atoms with E-state index in [9.17, 15) is 0 Å². The predicted octanol–water partition coefficient (Wildman–Crippen LogP) is 2.86. The number of hydrogen-bond donors (Lipinski definition) is 0. The quantitative estimate of drug-likeness (QED) is 0.371. The summed E-state index contributed by atoms with van der Waals surface area (Å²) in [6, 6.07) is 1.05. The van der Waals surface area contributed by atoms with E-state index in [4.69, 9.17) is 18.3 Å². The number of hydrogen-bond acceptors (Lipinski definition) is 4. The fourth-order valence-electron chi connectivity index (χ4n) is 3.17. The molecule has 0 aromatic heterocycles. The normalized spacial score (nSPS) is 24.6. The van der Waals surface area contributed by atoms with Crippen molar-refractivity contribution in [3.63, 3.8) is 0 Å². The van der Waals surface area contributed by atoms with Gasteiger partial charge in [-0.3, -0.25) is 0 Å². The Kier molecular flexibility index (Phi) is 6.29. The second-order valence-corrected chi connectivity index (χ2v) is 9.45. The van der Waals surface area contributed by atoms with Gasteiger partial charge in [0, 0.05) is 26.4 Å². The average molecular weight is 288 g/mol. The molecule has 0 aromatic carbocycles. The monoisotopic (exact) mass is 288 g/mol. The molecule has 4 nitrogen and oxygen atoms in total. The second kappa shape index (κ2) is 7.74. The van der Waals surface area contributed by atoms with E-state index in [-0.39, 0.29) is 0 Å². The third-order valence-electron chi connectivity index (χ3n) is 4.44. The zero-order chi connectivity index (χ0) is 13.6. The molecule has 1 unspecified atom stereocenters. The standard InChI is InChI=1S/C14H28O4Si/c1-15-19(16-2,14-7-4-3-5-8-14)10-6-9-17-11-13-12-18-13/h13-14H,3-12H2,1-2H3. The highest BCUT2D eigenvalue weighted by Crippen LogP contribution is 2.40. The van der Waals surface area contributed by atoms with E-state index >= 15 is 0 Å². The zero-order valence-electron chi connectivity index (χ0n) is 12.4. The summed E-state index contributed by atoms with van der Waals surface area (Å²) in [5.41, 5.74) is 0.669. The SMILES string of the molecule is CO[Si](CCCOCC1CO1)(OC)C1CCCCC1. The third-order valence-corrected chi connectivity index (χ3v) is 8.69. The molecule has 0 spiro atoms. The first-order chi connectivity index (χ1) is 9.30. The van der Waals surface area contributed by atoms with Crippen molar-refractivity contribution < 1.29 is 18.3 Å². The van der Waals surface area contributed by atoms with E-state index in [2.05, 4.69) is 0 Å². The zero-order valence-corrected chi connectivity index (χ0v) is 13.4. The van der Waals surface area contributed by atoms with Crippen LogP contribution < -0.4 is 0 Å². The van der Waals surface area contributed by atoms with E-state index in [1.54, 1.807) is 0 Å².